The molecule has 2 aromatic rings. The number of piperidine rings is 1. The van der Waals surface area contributed by atoms with E-state index in [1.807, 2.05) is 24.8 Å². The number of piperazine rings is 1. The van der Waals surface area contributed by atoms with E-state index in [2.05, 4.69) is 48.9 Å². The van der Waals surface area contributed by atoms with E-state index >= 15 is 0 Å². The number of nitrogens with zero attached hydrogens (tertiary/aromatic N) is 5. The Morgan fingerprint density at radius 3 is 1.71 bits per heavy atom. The molecule has 2 saturated heterocycles. The summed E-state index contributed by atoms with van der Waals surface area (Å²) in [5.41, 5.74) is 2.58. The number of carbonyl (C=O) groups excluding carboxylic acids is 1. The zero-order chi connectivity index (χ0) is 19.2. The van der Waals surface area contributed by atoms with Gasteiger partial charge in [0, 0.05) is 70.0 Å². The predicted molar refractivity (Wildman–Crippen MR) is 108 cm³/mol. The van der Waals surface area contributed by atoms with E-state index in [-0.39, 0.29) is 5.92 Å². The van der Waals surface area contributed by atoms with Crippen LogP contribution in [0.5, 0.6) is 0 Å². The van der Waals surface area contributed by atoms with Crippen molar-refractivity contribution in [3.05, 3.63) is 60.2 Å². The normalized spacial score (nSPS) is 19.6. The van der Waals surface area contributed by atoms with Gasteiger partial charge in [0.05, 0.1) is 0 Å². The Kier molecular flexibility index (Phi) is 6.29. The lowest BCUT2D eigenvalue weighted by Gasteiger charge is -2.38. The average molecular weight is 380 g/mol. The second kappa shape index (κ2) is 9.26. The van der Waals surface area contributed by atoms with Gasteiger partial charge < -0.3 is 4.90 Å². The summed E-state index contributed by atoms with van der Waals surface area (Å²) in [7, 11) is 0. The topological polar surface area (TPSA) is 52.6 Å². The maximum atomic E-state index is 13.0. The van der Waals surface area contributed by atoms with Crippen LogP contribution < -0.4 is 0 Å². The summed E-state index contributed by atoms with van der Waals surface area (Å²) < 4.78 is 0. The lowest BCUT2D eigenvalue weighted by Crippen LogP contribution is -2.51. The first-order valence-corrected chi connectivity index (χ1v) is 10.3. The van der Waals surface area contributed by atoms with Crippen LogP contribution in [0.2, 0.25) is 0 Å². The molecule has 148 valence electrons. The van der Waals surface area contributed by atoms with Gasteiger partial charge >= 0.3 is 0 Å². The molecule has 2 aliphatic heterocycles. The van der Waals surface area contributed by atoms with Gasteiger partial charge in [-0.2, -0.15) is 0 Å². The third kappa shape index (κ3) is 4.94. The van der Waals surface area contributed by atoms with E-state index < -0.39 is 0 Å². The van der Waals surface area contributed by atoms with Crippen molar-refractivity contribution in [1.29, 1.82) is 0 Å². The molecule has 0 N–H and O–H groups in total. The smallest absolute Gasteiger partial charge is 0.225 e. The molecule has 4 heterocycles. The summed E-state index contributed by atoms with van der Waals surface area (Å²) in [5, 5.41) is 0. The Balaban J connectivity index is 1.20. The summed E-state index contributed by atoms with van der Waals surface area (Å²) in [6.45, 7) is 7.50. The second-order valence-electron chi connectivity index (χ2n) is 7.86. The Morgan fingerprint density at radius 1 is 0.750 bits per heavy atom. The molecule has 0 bridgehead atoms. The van der Waals surface area contributed by atoms with Gasteiger partial charge in [0.2, 0.25) is 5.91 Å². The highest BCUT2D eigenvalue weighted by Crippen LogP contribution is 2.22. The van der Waals surface area contributed by atoms with Gasteiger partial charge in [-0.1, -0.05) is 0 Å². The van der Waals surface area contributed by atoms with Crippen LogP contribution in [0.25, 0.3) is 0 Å². The summed E-state index contributed by atoms with van der Waals surface area (Å²) in [6.07, 6.45) is 9.33. The predicted octanol–water partition coefficient (Wildman–Crippen LogP) is 2.03. The second-order valence-corrected chi connectivity index (χ2v) is 7.86. The Bertz CT molecular complexity index is 675. The SMILES string of the molecule is O=C(C1CCN(Cc2ccncc2)CC1)N1CCN(Cc2ccncc2)CC1. The number of carbonyl (C=O) groups is 1. The molecule has 6 heteroatoms. The monoisotopic (exact) mass is 379 g/mol. The molecule has 6 nitrogen and oxygen atoms in total. The molecule has 0 radical (unpaired) electrons. The molecule has 4 rings (SSSR count). The van der Waals surface area contributed by atoms with Crippen molar-refractivity contribution in [3.8, 4) is 0 Å². The van der Waals surface area contributed by atoms with E-state index in [1.165, 1.54) is 11.1 Å². The van der Waals surface area contributed by atoms with E-state index in [1.54, 1.807) is 0 Å². The highest BCUT2D eigenvalue weighted by Gasteiger charge is 2.30. The highest BCUT2D eigenvalue weighted by atomic mass is 16.2. The van der Waals surface area contributed by atoms with Gasteiger partial charge in [-0.3, -0.25) is 24.6 Å². The maximum Gasteiger partial charge on any atom is 0.225 e. The molecule has 1 amide bonds. The maximum absolute atomic E-state index is 13.0. The number of pyridine rings is 2. The van der Waals surface area contributed by atoms with Gasteiger partial charge in [0.25, 0.3) is 0 Å². The zero-order valence-corrected chi connectivity index (χ0v) is 16.4. The fraction of sp³-hybridized carbons (Fsp3) is 0.500. The number of aromatic nitrogens is 2. The van der Waals surface area contributed by atoms with Crippen molar-refractivity contribution < 1.29 is 4.79 Å². The molecule has 28 heavy (non-hydrogen) atoms. The Labute approximate surface area is 167 Å². The molecule has 2 fully saturated rings. The summed E-state index contributed by atoms with van der Waals surface area (Å²) in [5.74, 6) is 0.563. The molecule has 0 aliphatic carbocycles. The molecule has 0 unspecified atom stereocenters. The van der Waals surface area contributed by atoms with Crippen molar-refractivity contribution in [1.82, 2.24) is 24.7 Å². The van der Waals surface area contributed by atoms with E-state index in [0.717, 1.165) is 65.2 Å². The van der Waals surface area contributed by atoms with Crippen LogP contribution in [0.4, 0.5) is 0 Å². The van der Waals surface area contributed by atoms with Gasteiger partial charge in [0.15, 0.2) is 0 Å². The van der Waals surface area contributed by atoms with Crippen LogP contribution in [0.1, 0.15) is 24.0 Å². The van der Waals surface area contributed by atoms with Crippen molar-refractivity contribution in [2.24, 2.45) is 5.92 Å². The lowest BCUT2D eigenvalue weighted by molar-refractivity contribution is -0.139. The van der Waals surface area contributed by atoms with Crippen LogP contribution in [0.15, 0.2) is 49.1 Å². The first-order valence-electron chi connectivity index (χ1n) is 10.3. The molecule has 0 atom stereocenters. The minimum atomic E-state index is 0.195. The molecule has 0 spiro atoms. The fourth-order valence-electron chi connectivity index (χ4n) is 4.22. The van der Waals surface area contributed by atoms with Gasteiger partial charge in [-0.25, -0.2) is 0 Å². The van der Waals surface area contributed by atoms with Crippen molar-refractivity contribution in [2.45, 2.75) is 25.9 Å². The van der Waals surface area contributed by atoms with Crippen LogP contribution in [-0.4, -0.2) is 69.8 Å². The van der Waals surface area contributed by atoms with Crippen molar-refractivity contribution in [3.63, 3.8) is 0 Å². The minimum Gasteiger partial charge on any atom is -0.340 e. The number of hydrogen-bond donors (Lipinski definition) is 0. The molecule has 2 aliphatic rings. The standard InChI is InChI=1S/C22H29N5O/c28-22(21-5-11-25(12-6-21)17-19-1-7-23-8-2-19)27-15-13-26(14-16-27)18-20-3-9-24-10-4-20/h1-4,7-10,21H,5-6,11-18H2. The van der Waals surface area contributed by atoms with E-state index in [9.17, 15) is 4.79 Å². The fourth-order valence-corrected chi connectivity index (χ4v) is 4.22. The third-order valence-corrected chi connectivity index (χ3v) is 5.93. The summed E-state index contributed by atoms with van der Waals surface area (Å²) in [4.78, 5) is 28.1. The quantitative estimate of drug-likeness (QED) is 0.796. The average Bonchev–Trinajstić information content (AvgIpc) is 2.76. The van der Waals surface area contributed by atoms with Gasteiger partial charge in [-0.15, -0.1) is 0 Å². The molecule has 2 aromatic heterocycles. The van der Waals surface area contributed by atoms with E-state index in [4.69, 9.17) is 0 Å². The van der Waals surface area contributed by atoms with Crippen molar-refractivity contribution >= 4 is 5.91 Å². The molecule has 0 aromatic carbocycles. The van der Waals surface area contributed by atoms with Gasteiger partial charge in [-0.05, 0) is 61.3 Å². The van der Waals surface area contributed by atoms with E-state index in [0.29, 0.717) is 5.91 Å². The largest absolute Gasteiger partial charge is 0.340 e. The minimum absolute atomic E-state index is 0.195. The molecule has 0 saturated carbocycles. The first kappa shape index (κ1) is 19.0. The Morgan fingerprint density at radius 2 is 1.21 bits per heavy atom. The van der Waals surface area contributed by atoms with Crippen LogP contribution in [0.3, 0.4) is 0 Å². The van der Waals surface area contributed by atoms with Crippen molar-refractivity contribution in [2.75, 3.05) is 39.3 Å². The molecular formula is C22H29N5O. The zero-order valence-electron chi connectivity index (χ0n) is 16.4. The number of hydrogen-bond acceptors (Lipinski definition) is 5. The number of rotatable bonds is 5. The third-order valence-electron chi connectivity index (χ3n) is 5.93. The first-order chi connectivity index (χ1) is 13.8. The van der Waals surface area contributed by atoms with Crippen LogP contribution >= 0.6 is 0 Å². The molecular weight excluding hydrogens is 350 g/mol. The number of amides is 1. The summed E-state index contributed by atoms with van der Waals surface area (Å²) >= 11 is 0. The highest BCUT2D eigenvalue weighted by molar-refractivity contribution is 5.79. The van der Waals surface area contributed by atoms with Crippen LogP contribution in [-0.2, 0) is 17.9 Å². The summed E-state index contributed by atoms with van der Waals surface area (Å²) in [6, 6.07) is 8.28. The lowest BCUT2D eigenvalue weighted by atomic mass is 9.94. The number of likely N-dealkylation sites (tertiary alicyclic amines) is 1. The Hall–Kier alpha value is -2.31. The van der Waals surface area contributed by atoms with Gasteiger partial charge in [0.1, 0.15) is 0 Å². The van der Waals surface area contributed by atoms with Crippen LogP contribution in [0, 0.1) is 5.92 Å².